The van der Waals surface area contributed by atoms with Gasteiger partial charge < -0.3 is 39.2 Å². The minimum atomic E-state index is -0.385. The standard InChI is InChI=1S/C19H26N4O2.C18H24N4O2.C17H22N4O2.C16H20N4O2/c1-3-4-5-6-7-8-10-17(2)21-13-15-22(16-14-21)19-18(23(24)25)11-9-12-20-19;1-3-4-5-6-7-9-16(2)20-12-14-21(15-13-20)18-17(22(23)24)10-8-11-19-18;1-3-4-5-6-8-15(2)19-11-13-20(14-12-19)17-16(21(22)23)9-7-10-18-17;1-3-4-5-7-14(2)18-10-12-19(13-11-18)16-15(20(21)22)8-6-9-17-16/h9,11-12H,2-7,13-16H2,1H3;8,10-11H,2-6,12-15H2,1H3;7,9-10H,2-5,11-14H2,1H3;6,8-9H,2-4,10-13H2,1H3. The smallest absolute Gasteiger partial charge is 0.311 e. The number of rotatable bonds is 22. The van der Waals surface area contributed by atoms with Crippen molar-refractivity contribution < 1.29 is 19.7 Å². The van der Waals surface area contributed by atoms with Gasteiger partial charge in [0.25, 0.3) is 0 Å². The Labute approximate surface area is 555 Å². The predicted octanol–water partition coefficient (Wildman–Crippen LogP) is 12.1. The molecular weight excluding hydrogens is 1190 g/mol. The molecule has 0 radical (unpaired) electrons. The van der Waals surface area contributed by atoms with Crippen LogP contribution in [0.15, 0.2) is 122 Å². The highest BCUT2D eigenvalue weighted by atomic mass is 16.6. The van der Waals surface area contributed by atoms with Crippen LogP contribution < -0.4 is 19.6 Å². The number of aromatic nitrogens is 4. The van der Waals surface area contributed by atoms with E-state index in [1.165, 1.54) is 56.4 Å². The SMILES string of the molecule is C=C(C#CCCC)N1CCN(c2ncccc2[N+](=O)[O-])CC1.C=C(C#CCCCC)N1CCN(c2ncccc2[N+](=O)[O-])CC1.C=C(C#CCCCCC)N1CCN(c2ncccc2[N+](=O)[O-])CC1.C=C(C#CCCCCCC)N1CCN(c2ncccc2[N+](=O)[O-])CC1. The second-order valence-corrected chi connectivity index (χ2v) is 22.4. The van der Waals surface area contributed by atoms with E-state index in [-0.39, 0.29) is 42.4 Å². The quantitative estimate of drug-likeness (QED) is 0.0307. The third-order valence-corrected chi connectivity index (χ3v) is 15.7. The number of hydrogen-bond donors (Lipinski definition) is 0. The zero-order chi connectivity index (χ0) is 68.0. The summed E-state index contributed by atoms with van der Waals surface area (Å²) in [6.45, 7) is 36.1. The number of pyridine rings is 4. The van der Waals surface area contributed by atoms with Crippen LogP contribution in [0.3, 0.4) is 0 Å². The normalized spacial score (nSPS) is 14.1. The maximum absolute atomic E-state index is 11.1. The molecule has 0 atom stereocenters. The van der Waals surface area contributed by atoms with Gasteiger partial charge in [0.05, 0.1) is 42.5 Å². The molecule has 0 unspecified atom stereocenters. The molecule has 0 saturated carbocycles. The summed E-state index contributed by atoms with van der Waals surface area (Å²) in [6.07, 6.45) is 21.7. The Bertz CT molecular complexity index is 3430. The summed E-state index contributed by atoms with van der Waals surface area (Å²) in [7, 11) is 0. The van der Waals surface area contributed by atoms with Gasteiger partial charge in [-0.15, -0.1) is 0 Å². The monoisotopic (exact) mass is 1280 g/mol. The summed E-state index contributed by atoms with van der Waals surface area (Å²) in [5.41, 5.74) is 3.55. The number of nitrogens with zero attached hydrogens (tertiary/aromatic N) is 16. The van der Waals surface area contributed by atoms with Gasteiger partial charge in [-0.1, -0.05) is 116 Å². The molecule has 0 aromatic carbocycles. The average Bonchev–Trinajstić information content (AvgIpc) is 0.896. The Morgan fingerprint density at radius 3 is 0.830 bits per heavy atom. The second-order valence-electron chi connectivity index (χ2n) is 22.4. The van der Waals surface area contributed by atoms with E-state index >= 15 is 0 Å². The van der Waals surface area contributed by atoms with Gasteiger partial charge in [-0.2, -0.15) is 0 Å². The predicted molar refractivity (Wildman–Crippen MR) is 374 cm³/mol. The number of piperazine rings is 4. The lowest BCUT2D eigenvalue weighted by Gasteiger charge is -2.35. The topological polar surface area (TPSA) is 250 Å². The highest BCUT2D eigenvalue weighted by Crippen LogP contribution is 2.30. The molecule has 4 aromatic heterocycles. The molecule has 24 heteroatoms. The van der Waals surface area contributed by atoms with Crippen LogP contribution >= 0.6 is 0 Å². The van der Waals surface area contributed by atoms with Crippen molar-refractivity contribution in [3.8, 4) is 47.4 Å². The van der Waals surface area contributed by atoms with E-state index in [1.807, 2.05) is 19.6 Å². The fourth-order valence-corrected chi connectivity index (χ4v) is 10.3. The summed E-state index contributed by atoms with van der Waals surface area (Å²) in [5, 5.41) is 44.5. The third kappa shape index (κ3) is 24.4. The van der Waals surface area contributed by atoms with Crippen molar-refractivity contribution in [2.45, 2.75) is 118 Å². The van der Waals surface area contributed by atoms with Crippen molar-refractivity contribution in [3.63, 3.8) is 0 Å². The first-order valence-electron chi connectivity index (χ1n) is 32.6. The van der Waals surface area contributed by atoms with Crippen molar-refractivity contribution in [2.75, 3.05) is 124 Å². The molecule has 4 aromatic rings. The van der Waals surface area contributed by atoms with Gasteiger partial charge in [-0.25, -0.2) is 19.9 Å². The maximum Gasteiger partial charge on any atom is 0.311 e. The van der Waals surface area contributed by atoms with Crippen molar-refractivity contribution in [1.29, 1.82) is 0 Å². The van der Waals surface area contributed by atoms with E-state index in [1.54, 1.807) is 49.1 Å². The first kappa shape index (κ1) is 74.5. The van der Waals surface area contributed by atoms with Gasteiger partial charge in [0.1, 0.15) is 0 Å². The van der Waals surface area contributed by atoms with Gasteiger partial charge >= 0.3 is 22.7 Å². The van der Waals surface area contributed by atoms with Gasteiger partial charge in [0.2, 0.25) is 23.3 Å². The summed E-state index contributed by atoms with van der Waals surface area (Å²) < 4.78 is 0. The minimum absolute atomic E-state index is 0.0533. The second kappa shape index (κ2) is 41.3. The van der Waals surface area contributed by atoms with Gasteiger partial charge in [-0.3, -0.25) is 40.5 Å². The molecule has 0 aliphatic carbocycles. The van der Waals surface area contributed by atoms with Crippen LogP contribution in [0, 0.1) is 87.8 Å². The molecular formula is C70H92N16O8. The lowest BCUT2D eigenvalue weighted by atomic mass is 10.1. The fourth-order valence-electron chi connectivity index (χ4n) is 10.3. The number of anilines is 4. The summed E-state index contributed by atoms with van der Waals surface area (Å²) in [4.78, 5) is 76.0. The van der Waals surface area contributed by atoms with E-state index in [9.17, 15) is 40.5 Å². The summed E-state index contributed by atoms with van der Waals surface area (Å²) in [5.74, 6) is 26.9. The number of allylic oxidation sites excluding steroid dienone is 4. The minimum Gasteiger partial charge on any atom is -0.362 e. The zero-order valence-electron chi connectivity index (χ0n) is 55.4. The van der Waals surface area contributed by atoms with Crippen LogP contribution in [-0.2, 0) is 0 Å². The van der Waals surface area contributed by atoms with Crippen molar-refractivity contribution in [2.24, 2.45) is 0 Å². The Kier molecular flexibility index (Phi) is 32.8. The molecule has 4 aliphatic rings. The third-order valence-electron chi connectivity index (χ3n) is 15.7. The Morgan fingerprint density at radius 1 is 0.351 bits per heavy atom. The summed E-state index contributed by atoms with van der Waals surface area (Å²) in [6, 6.07) is 12.3. The molecule has 0 spiro atoms. The van der Waals surface area contributed by atoms with Gasteiger partial charge in [0, 0.05) is 179 Å². The van der Waals surface area contributed by atoms with E-state index in [2.05, 4.69) is 141 Å². The Balaban J connectivity index is 0.000000227. The molecule has 94 heavy (non-hydrogen) atoms. The molecule has 24 nitrogen and oxygen atoms in total. The molecule has 4 aliphatic heterocycles. The van der Waals surface area contributed by atoms with E-state index in [4.69, 9.17) is 0 Å². The highest BCUT2D eigenvalue weighted by Gasteiger charge is 2.29. The molecule has 0 amide bonds. The first-order valence-corrected chi connectivity index (χ1v) is 32.6. The molecule has 8 heterocycles. The lowest BCUT2D eigenvalue weighted by Crippen LogP contribution is -2.46. The number of nitro groups is 4. The van der Waals surface area contributed by atoms with Crippen LogP contribution in [0.5, 0.6) is 0 Å². The largest absolute Gasteiger partial charge is 0.362 e. The molecule has 0 N–H and O–H groups in total. The van der Waals surface area contributed by atoms with Crippen LogP contribution in [0.1, 0.15) is 118 Å². The zero-order valence-corrected chi connectivity index (χ0v) is 55.4. The van der Waals surface area contributed by atoms with Crippen molar-refractivity contribution in [3.05, 3.63) is 163 Å². The van der Waals surface area contributed by atoms with E-state index in [0.717, 1.165) is 133 Å². The van der Waals surface area contributed by atoms with Gasteiger partial charge in [-0.05, 0) is 73.6 Å². The maximum atomic E-state index is 11.1. The molecule has 0 bridgehead atoms. The van der Waals surface area contributed by atoms with Gasteiger partial charge in [0.15, 0.2) is 0 Å². The van der Waals surface area contributed by atoms with E-state index < -0.39 is 0 Å². The van der Waals surface area contributed by atoms with Crippen molar-refractivity contribution in [1.82, 2.24) is 39.5 Å². The molecule has 500 valence electrons. The van der Waals surface area contributed by atoms with Crippen molar-refractivity contribution >= 4 is 46.0 Å². The Morgan fingerprint density at radius 2 is 0.585 bits per heavy atom. The van der Waals surface area contributed by atoms with Crippen LogP contribution in [0.4, 0.5) is 46.0 Å². The van der Waals surface area contributed by atoms with E-state index in [0.29, 0.717) is 75.6 Å². The molecule has 8 rings (SSSR count). The summed E-state index contributed by atoms with van der Waals surface area (Å²) >= 11 is 0. The fraction of sp³-hybridized carbons (Fsp3) is 0.486. The van der Waals surface area contributed by atoms with Crippen LogP contribution in [0.25, 0.3) is 0 Å². The molecule has 4 saturated heterocycles. The number of unbranched alkanes of at least 4 members (excludes halogenated alkanes) is 10. The Hall–Kier alpha value is -10.2. The van der Waals surface area contributed by atoms with Crippen LogP contribution in [-0.4, -0.2) is 164 Å². The van der Waals surface area contributed by atoms with Crippen LogP contribution in [0.2, 0.25) is 0 Å². The molecule has 4 fully saturated rings. The highest BCUT2D eigenvalue weighted by molar-refractivity contribution is 5.60. The first-order chi connectivity index (χ1) is 45.5. The average molecular weight is 1290 g/mol. The number of hydrogen-bond acceptors (Lipinski definition) is 20. The lowest BCUT2D eigenvalue weighted by molar-refractivity contribution is -0.384.